The number of halogens is 2. The van der Waals surface area contributed by atoms with E-state index in [1.54, 1.807) is 49.2 Å². The Balaban J connectivity index is 2.09. The number of nitrogens with one attached hydrogen (secondary N) is 1. The van der Waals surface area contributed by atoms with Crippen LogP contribution in [0.15, 0.2) is 42.5 Å². The van der Waals surface area contributed by atoms with E-state index in [9.17, 15) is 9.18 Å². The molecule has 2 rings (SSSR count). The van der Waals surface area contributed by atoms with Gasteiger partial charge in [0.15, 0.2) is 0 Å². The third kappa shape index (κ3) is 4.10. The van der Waals surface area contributed by atoms with Crippen molar-refractivity contribution in [3.05, 3.63) is 64.4 Å². The lowest BCUT2D eigenvalue weighted by Gasteiger charge is -2.24. The van der Waals surface area contributed by atoms with Gasteiger partial charge in [0.05, 0.1) is 17.3 Å². The molecule has 1 unspecified atom stereocenters. The Morgan fingerprint density at radius 2 is 2.04 bits per heavy atom. The smallest absolute Gasteiger partial charge is 0.241 e. The number of likely N-dealkylation sites (N-methyl/N-ethyl adjacent to an activating group) is 1. The highest BCUT2D eigenvalue weighted by molar-refractivity contribution is 6.31. The van der Waals surface area contributed by atoms with Crippen molar-refractivity contribution in [2.24, 2.45) is 0 Å². The van der Waals surface area contributed by atoms with Crippen LogP contribution in [0.4, 0.5) is 10.1 Å². The molecule has 2 aromatic rings. The number of para-hydroxylation sites is 1. The normalized spacial score (nSPS) is 11.8. The maximum Gasteiger partial charge on any atom is 0.241 e. The van der Waals surface area contributed by atoms with E-state index >= 15 is 0 Å². The summed E-state index contributed by atoms with van der Waals surface area (Å²) in [6.45, 7) is 1.90. The van der Waals surface area contributed by atoms with Gasteiger partial charge in [-0.25, -0.2) is 4.39 Å². The molecule has 0 fully saturated rings. The van der Waals surface area contributed by atoms with Crippen LogP contribution < -0.4 is 5.32 Å². The van der Waals surface area contributed by atoms with E-state index in [-0.39, 0.29) is 12.5 Å². The van der Waals surface area contributed by atoms with E-state index in [1.165, 1.54) is 12.1 Å². The number of carbonyl (C=O) groups is 1. The molecule has 0 bridgehead atoms. The molecular weight excluding hydrogens is 329 g/mol. The molecule has 1 amide bonds. The van der Waals surface area contributed by atoms with Crippen LogP contribution in [0.25, 0.3) is 0 Å². The first kappa shape index (κ1) is 17.9. The van der Waals surface area contributed by atoms with E-state index in [4.69, 9.17) is 16.9 Å². The van der Waals surface area contributed by atoms with E-state index in [0.717, 1.165) is 0 Å². The van der Waals surface area contributed by atoms with Crippen LogP contribution in [-0.4, -0.2) is 23.9 Å². The third-order valence-corrected chi connectivity index (χ3v) is 4.17. The standard InChI is InChI=1S/C18H17ClFN3O/c1-12(18(24)22-17-9-4-3-6-13(17)10-21)23(2)11-14-15(19)7-5-8-16(14)20/h3-9,12H,11H2,1-2H3,(H,22,24). The molecule has 24 heavy (non-hydrogen) atoms. The maximum atomic E-state index is 13.9. The van der Waals surface area contributed by atoms with E-state index < -0.39 is 11.9 Å². The lowest BCUT2D eigenvalue weighted by molar-refractivity contribution is -0.120. The fraction of sp³-hybridized carbons (Fsp3) is 0.222. The predicted octanol–water partition coefficient (Wildman–Crippen LogP) is 3.81. The van der Waals surface area contributed by atoms with E-state index in [0.29, 0.717) is 21.8 Å². The van der Waals surface area contributed by atoms with Crippen LogP contribution in [0.3, 0.4) is 0 Å². The van der Waals surface area contributed by atoms with Gasteiger partial charge in [0.25, 0.3) is 0 Å². The van der Waals surface area contributed by atoms with Crippen molar-refractivity contribution < 1.29 is 9.18 Å². The Kier molecular flexibility index (Phi) is 5.91. The lowest BCUT2D eigenvalue weighted by atomic mass is 10.1. The highest BCUT2D eigenvalue weighted by atomic mass is 35.5. The summed E-state index contributed by atoms with van der Waals surface area (Å²) in [6, 6.07) is 12.7. The van der Waals surface area contributed by atoms with E-state index in [2.05, 4.69) is 5.32 Å². The SMILES string of the molecule is CC(C(=O)Nc1ccccc1C#N)N(C)Cc1c(F)cccc1Cl. The Morgan fingerprint density at radius 1 is 1.33 bits per heavy atom. The van der Waals surface area contributed by atoms with Crippen LogP contribution in [0, 0.1) is 17.1 Å². The van der Waals surface area contributed by atoms with Gasteiger partial charge >= 0.3 is 0 Å². The molecule has 0 saturated heterocycles. The zero-order chi connectivity index (χ0) is 17.7. The van der Waals surface area contributed by atoms with Crippen molar-refractivity contribution in [1.82, 2.24) is 4.90 Å². The van der Waals surface area contributed by atoms with Gasteiger partial charge in [0.1, 0.15) is 11.9 Å². The minimum atomic E-state index is -0.535. The minimum absolute atomic E-state index is 0.194. The monoisotopic (exact) mass is 345 g/mol. The fourth-order valence-electron chi connectivity index (χ4n) is 2.20. The molecule has 4 nitrogen and oxygen atoms in total. The third-order valence-electron chi connectivity index (χ3n) is 3.82. The molecule has 0 saturated carbocycles. The summed E-state index contributed by atoms with van der Waals surface area (Å²) in [5, 5.41) is 12.1. The molecule has 1 N–H and O–H groups in total. The second kappa shape index (κ2) is 7.91. The first-order valence-electron chi connectivity index (χ1n) is 7.37. The zero-order valence-corrected chi connectivity index (χ0v) is 14.1. The van der Waals surface area contributed by atoms with E-state index in [1.807, 2.05) is 6.07 Å². The Hall–Kier alpha value is -2.42. The summed E-state index contributed by atoms with van der Waals surface area (Å²) in [4.78, 5) is 14.1. The van der Waals surface area contributed by atoms with Crippen molar-refractivity contribution in [2.75, 3.05) is 12.4 Å². The average molecular weight is 346 g/mol. The number of nitriles is 1. The first-order valence-corrected chi connectivity index (χ1v) is 7.75. The molecule has 2 aromatic carbocycles. The average Bonchev–Trinajstić information content (AvgIpc) is 2.57. The van der Waals surface area contributed by atoms with Gasteiger partial charge in [0.2, 0.25) is 5.91 Å². The number of rotatable bonds is 5. The van der Waals surface area contributed by atoms with Crippen LogP contribution >= 0.6 is 11.6 Å². The van der Waals surface area contributed by atoms with Gasteiger partial charge in [-0.15, -0.1) is 0 Å². The molecule has 0 aliphatic heterocycles. The van der Waals surface area contributed by atoms with Gasteiger partial charge in [0, 0.05) is 17.1 Å². The minimum Gasteiger partial charge on any atom is -0.324 e. The van der Waals surface area contributed by atoms with Crippen LogP contribution in [0.5, 0.6) is 0 Å². The molecule has 0 spiro atoms. The summed E-state index contributed by atoms with van der Waals surface area (Å²) >= 11 is 6.02. The van der Waals surface area contributed by atoms with Crippen molar-refractivity contribution in [3.8, 4) is 6.07 Å². The number of hydrogen-bond donors (Lipinski definition) is 1. The molecule has 124 valence electrons. The highest BCUT2D eigenvalue weighted by Crippen LogP contribution is 2.21. The molecular formula is C18H17ClFN3O. The summed E-state index contributed by atoms with van der Waals surface area (Å²) in [5.74, 6) is -0.690. The molecule has 0 radical (unpaired) electrons. The lowest BCUT2D eigenvalue weighted by Crippen LogP contribution is -2.39. The Morgan fingerprint density at radius 3 is 2.71 bits per heavy atom. The second-order valence-electron chi connectivity index (χ2n) is 5.44. The molecule has 0 aliphatic carbocycles. The quantitative estimate of drug-likeness (QED) is 0.896. The highest BCUT2D eigenvalue weighted by Gasteiger charge is 2.21. The Bertz CT molecular complexity index is 768. The number of amides is 1. The topological polar surface area (TPSA) is 56.1 Å². The summed E-state index contributed by atoms with van der Waals surface area (Å²) < 4.78 is 13.9. The number of carbonyl (C=O) groups excluding carboxylic acids is 1. The maximum absolute atomic E-state index is 13.9. The number of nitrogens with zero attached hydrogens (tertiary/aromatic N) is 2. The zero-order valence-electron chi connectivity index (χ0n) is 13.4. The van der Waals surface area contributed by atoms with Gasteiger partial charge in [-0.3, -0.25) is 9.69 Å². The van der Waals surface area contributed by atoms with Crippen molar-refractivity contribution >= 4 is 23.2 Å². The molecule has 0 heterocycles. The van der Waals surface area contributed by atoms with Gasteiger partial charge in [-0.2, -0.15) is 5.26 Å². The molecule has 0 aromatic heterocycles. The van der Waals surface area contributed by atoms with Crippen LogP contribution in [0.1, 0.15) is 18.1 Å². The van der Waals surface area contributed by atoms with Gasteiger partial charge in [-0.05, 0) is 38.2 Å². The number of benzene rings is 2. The molecule has 6 heteroatoms. The number of hydrogen-bond acceptors (Lipinski definition) is 3. The first-order chi connectivity index (χ1) is 11.4. The van der Waals surface area contributed by atoms with Gasteiger partial charge in [-0.1, -0.05) is 29.8 Å². The van der Waals surface area contributed by atoms with Crippen molar-refractivity contribution in [2.45, 2.75) is 19.5 Å². The fourth-order valence-corrected chi connectivity index (χ4v) is 2.42. The summed E-state index contributed by atoms with van der Waals surface area (Å²) in [6.07, 6.45) is 0. The summed E-state index contributed by atoms with van der Waals surface area (Å²) in [7, 11) is 1.71. The molecule has 0 aliphatic rings. The number of anilines is 1. The van der Waals surface area contributed by atoms with Crippen LogP contribution in [0.2, 0.25) is 5.02 Å². The van der Waals surface area contributed by atoms with Crippen molar-refractivity contribution in [3.63, 3.8) is 0 Å². The van der Waals surface area contributed by atoms with Crippen molar-refractivity contribution in [1.29, 1.82) is 5.26 Å². The Labute approximate surface area is 145 Å². The predicted molar refractivity (Wildman–Crippen MR) is 92.1 cm³/mol. The van der Waals surface area contributed by atoms with Crippen LogP contribution in [-0.2, 0) is 11.3 Å². The largest absolute Gasteiger partial charge is 0.324 e. The molecule has 1 atom stereocenters. The summed E-state index contributed by atoms with van der Waals surface area (Å²) in [5.41, 5.74) is 1.19. The van der Waals surface area contributed by atoms with Gasteiger partial charge < -0.3 is 5.32 Å². The second-order valence-corrected chi connectivity index (χ2v) is 5.85.